The fourth-order valence-corrected chi connectivity index (χ4v) is 4.37. The third kappa shape index (κ3) is 3.65. The maximum atomic E-state index is 12.9. The van der Waals surface area contributed by atoms with Crippen molar-refractivity contribution in [1.29, 1.82) is 0 Å². The van der Waals surface area contributed by atoms with Gasteiger partial charge in [-0.1, -0.05) is 0 Å². The molecule has 0 spiro atoms. The number of rotatable bonds is 4. The summed E-state index contributed by atoms with van der Waals surface area (Å²) in [6.45, 7) is 5.92. The number of likely N-dealkylation sites (tertiary alicyclic amines) is 2. The predicted molar refractivity (Wildman–Crippen MR) is 96.8 cm³/mol. The summed E-state index contributed by atoms with van der Waals surface area (Å²) in [5, 5.41) is 10.9. The van der Waals surface area contributed by atoms with Crippen molar-refractivity contribution >= 4 is 11.7 Å². The quantitative estimate of drug-likeness (QED) is 0.894. The van der Waals surface area contributed by atoms with Gasteiger partial charge in [-0.2, -0.15) is 0 Å². The zero-order valence-corrected chi connectivity index (χ0v) is 14.9. The van der Waals surface area contributed by atoms with E-state index < -0.39 is 5.60 Å². The van der Waals surface area contributed by atoms with Crippen LogP contribution < -0.4 is 4.90 Å². The Balaban J connectivity index is 1.42. The highest BCUT2D eigenvalue weighted by molar-refractivity contribution is 5.95. The molecule has 1 atom stereocenters. The van der Waals surface area contributed by atoms with Crippen LogP contribution in [-0.2, 0) is 0 Å². The molecule has 136 valence electrons. The van der Waals surface area contributed by atoms with Crippen molar-refractivity contribution in [3.05, 3.63) is 23.9 Å². The summed E-state index contributed by atoms with van der Waals surface area (Å²) in [5.74, 6) is 0.912. The maximum Gasteiger partial charge on any atom is 0.254 e. The number of nitrogens with zero attached hydrogens (tertiary/aromatic N) is 4. The lowest BCUT2D eigenvalue weighted by Gasteiger charge is -2.28. The van der Waals surface area contributed by atoms with Crippen LogP contribution in [0.5, 0.6) is 0 Å². The summed E-state index contributed by atoms with van der Waals surface area (Å²) in [7, 11) is 0. The summed E-state index contributed by atoms with van der Waals surface area (Å²) in [5.41, 5.74) is -0.0764. The standard InChI is InChI=1S/C19H28N4O2/c24-18(16-5-7-20-17(13-16)22-10-3-4-11-22)23-12-6-19(25,15-23)14-21-8-1-2-9-21/h5,7,13,25H,1-4,6,8-12,14-15H2. The van der Waals surface area contributed by atoms with Crippen molar-refractivity contribution in [2.75, 3.05) is 50.7 Å². The van der Waals surface area contributed by atoms with E-state index in [4.69, 9.17) is 0 Å². The molecular formula is C19H28N4O2. The summed E-state index contributed by atoms with van der Waals surface area (Å²) >= 11 is 0. The number of aromatic nitrogens is 1. The van der Waals surface area contributed by atoms with E-state index in [1.165, 1.54) is 25.7 Å². The average Bonchev–Trinajstić information content (AvgIpc) is 3.36. The van der Waals surface area contributed by atoms with Gasteiger partial charge in [-0.15, -0.1) is 0 Å². The molecule has 6 heteroatoms. The van der Waals surface area contributed by atoms with Crippen molar-refractivity contribution in [3.63, 3.8) is 0 Å². The molecule has 1 aromatic rings. The Hall–Kier alpha value is -1.66. The molecule has 4 rings (SSSR count). The molecule has 1 aromatic heterocycles. The monoisotopic (exact) mass is 344 g/mol. The molecule has 3 aliphatic rings. The number of pyridine rings is 1. The first kappa shape index (κ1) is 16.8. The van der Waals surface area contributed by atoms with Crippen LogP contribution >= 0.6 is 0 Å². The summed E-state index contributed by atoms with van der Waals surface area (Å²) < 4.78 is 0. The van der Waals surface area contributed by atoms with E-state index in [0.29, 0.717) is 31.6 Å². The number of hydrogen-bond acceptors (Lipinski definition) is 5. The van der Waals surface area contributed by atoms with Crippen molar-refractivity contribution < 1.29 is 9.90 Å². The Kier molecular flexibility index (Phi) is 4.65. The summed E-state index contributed by atoms with van der Waals surface area (Å²) in [6.07, 6.45) is 7.21. The molecule has 1 N–H and O–H groups in total. The first-order valence-corrected chi connectivity index (χ1v) is 9.58. The first-order valence-electron chi connectivity index (χ1n) is 9.58. The van der Waals surface area contributed by atoms with Crippen LogP contribution in [0.25, 0.3) is 0 Å². The Morgan fingerprint density at radius 1 is 1.12 bits per heavy atom. The van der Waals surface area contributed by atoms with Gasteiger partial charge in [0.05, 0.1) is 12.1 Å². The zero-order valence-electron chi connectivity index (χ0n) is 14.9. The molecule has 6 nitrogen and oxygen atoms in total. The van der Waals surface area contributed by atoms with Gasteiger partial charge in [0.2, 0.25) is 0 Å². The predicted octanol–water partition coefficient (Wildman–Crippen LogP) is 1.35. The van der Waals surface area contributed by atoms with E-state index in [-0.39, 0.29) is 5.91 Å². The van der Waals surface area contributed by atoms with Crippen LogP contribution in [0.2, 0.25) is 0 Å². The minimum Gasteiger partial charge on any atom is -0.387 e. The Morgan fingerprint density at radius 2 is 1.84 bits per heavy atom. The minimum absolute atomic E-state index is 0.0141. The summed E-state index contributed by atoms with van der Waals surface area (Å²) in [4.78, 5) is 23.7. The number of anilines is 1. The van der Waals surface area contributed by atoms with E-state index >= 15 is 0 Å². The van der Waals surface area contributed by atoms with Crippen molar-refractivity contribution in [1.82, 2.24) is 14.8 Å². The molecule has 3 saturated heterocycles. The van der Waals surface area contributed by atoms with Gasteiger partial charge in [0.1, 0.15) is 5.82 Å². The minimum atomic E-state index is -0.759. The van der Waals surface area contributed by atoms with Crippen molar-refractivity contribution in [2.45, 2.75) is 37.7 Å². The average molecular weight is 344 g/mol. The topological polar surface area (TPSA) is 59.9 Å². The Bertz CT molecular complexity index is 626. The van der Waals surface area contributed by atoms with E-state index in [9.17, 15) is 9.90 Å². The highest BCUT2D eigenvalue weighted by Crippen LogP contribution is 2.26. The highest BCUT2D eigenvalue weighted by atomic mass is 16.3. The molecule has 1 unspecified atom stereocenters. The number of hydrogen-bond donors (Lipinski definition) is 1. The SMILES string of the molecule is O=C(c1ccnc(N2CCCC2)c1)N1CCC(O)(CN2CCCC2)C1. The van der Waals surface area contributed by atoms with Crippen molar-refractivity contribution in [2.24, 2.45) is 0 Å². The molecule has 1 amide bonds. The molecule has 0 aliphatic carbocycles. The Labute approximate surface area is 149 Å². The van der Waals surface area contributed by atoms with Crippen LogP contribution in [0.3, 0.4) is 0 Å². The fraction of sp³-hybridized carbons (Fsp3) is 0.684. The number of carbonyl (C=O) groups is 1. The second-order valence-electron chi connectivity index (χ2n) is 7.78. The smallest absolute Gasteiger partial charge is 0.254 e. The fourth-order valence-electron chi connectivity index (χ4n) is 4.37. The van der Waals surface area contributed by atoms with Crippen LogP contribution in [0.4, 0.5) is 5.82 Å². The number of amides is 1. The molecule has 0 bridgehead atoms. The normalized spacial score (nSPS) is 27.4. The number of carbonyl (C=O) groups excluding carboxylic acids is 1. The van der Waals surface area contributed by atoms with Gasteiger partial charge in [0, 0.05) is 37.9 Å². The third-order valence-corrected chi connectivity index (χ3v) is 5.76. The van der Waals surface area contributed by atoms with Gasteiger partial charge in [-0.05, 0) is 57.3 Å². The van der Waals surface area contributed by atoms with Crippen LogP contribution in [0.1, 0.15) is 42.5 Å². The second-order valence-corrected chi connectivity index (χ2v) is 7.78. The van der Waals surface area contributed by atoms with E-state index in [0.717, 1.165) is 32.0 Å². The molecule has 0 aromatic carbocycles. The molecule has 0 radical (unpaired) electrons. The molecule has 3 fully saturated rings. The van der Waals surface area contributed by atoms with Gasteiger partial charge in [0.25, 0.3) is 5.91 Å². The second kappa shape index (κ2) is 6.92. The van der Waals surface area contributed by atoms with Crippen LogP contribution in [-0.4, -0.2) is 77.2 Å². The van der Waals surface area contributed by atoms with E-state index in [1.54, 1.807) is 17.2 Å². The summed E-state index contributed by atoms with van der Waals surface area (Å²) in [6, 6.07) is 3.70. The van der Waals surface area contributed by atoms with Gasteiger partial charge < -0.3 is 19.8 Å². The zero-order chi connectivity index (χ0) is 17.3. The lowest BCUT2D eigenvalue weighted by Crippen LogP contribution is -2.45. The lowest BCUT2D eigenvalue weighted by molar-refractivity contribution is 0.0175. The molecule has 3 aliphatic heterocycles. The van der Waals surface area contributed by atoms with Crippen LogP contribution in [0, 0.1) is 0 Å². The van der Waals surface area contributed by atoms with Crippen LogP contribution in [0.15, 0.2) is 18.3 Å². The van der Waals surface area contributed by atoms with Gasteiger partial charge in [-0.3, -0.25) is 4.79 Å². The van der Waals surface area contributed by atoms with Gasteiger partial charge in [0.15, 0.2) is 0 Å². The highest BCUT2D eigenvalue weighted by Gasteiger charge is 2.40. The molecule has 4 heterocycles. The number of aliphatic hydroxyl groups is 1. The third-order valence-electron chi connectivity index (χ3n) is 5.76. The maximum absolute atomic E-state index is 12.9. The lowest BCUT2D eigenvalue weighted by atomic mass is 10.0. The molecule has 0 saturated carbocycles. The Morgan fingerprint density at radius 3 is 2.60 bits per heavy atom. The molecule has 25 heavy (non-hydrogen) atoms. The van der Waals surface area contributed by atoms with E-state index in [2.05, 4.69) is 14.8 Å². The first-order chi connectivity index (χ1) is 12.1. The van der Waals surface area contributed by atoms with Gasteiger partial charge in [-0.25, -0.2) is 4.98 Å². The number of β-amino-alcohol motifs (C(OH)–C–C–N with tert-alkyl or cyclic N) is 1. The largest absolute Gasteiger partial charge is 0.387 e. The molecular weight excluding hydrogens is 316 g/mol. The van der Waals surface area contributed by atoms with Crippen molar-refractivity contribution in [3.8, 4) is 0 Å². The van der Waals surface area contributed by atoms with E-state index in [1.807, 2.05) is 6.07 Å². The van der Waals surface area contributed by atoms with Gasteiger partial charge >= 0.3 is 0 Å².